The quantitative estimate of drug-likeness (QED) is 0.591. The predicted octanol–water partition coefficient (Wildman–Crippen LogP) is 0.464. The Balaban J connectivity index is 2.30. The summed E-state index contributed by atoms with van der Waals surface area (Å²) in [4.78, 5) is 1.99. The summed E-state index contributed by atoms with van der Waals surface area (Å²) in [5.74, 6) is 0. The van der Waals surface area contributed by atoms with E-state index in [1.54, 1.807) is 12.1 Å². The third-order valence-corrected chi connectivity index (χ3v) is 10.7. The van der Waals surface area contributed by atoms with Gasteiger partial charge in [0.05, 0.1) is 4.90 Å². The molecule has 1 aliphatic heterocycles. The average molecular weight is 324 g/mol. The highest BCUT2D eigenvalue weighted by Gasteiger charge is 2.56. The van der Waals surface area contributed by atoms with Crippen LogP contribution in [-0.2, 0) is 19.2 Å². The van der Waals surface area contributed by atoms with Gasteiger partial charge >= 0.3 is 0 Å². The van der Waals surface area contributed by atoms with Crippen molar-refractivity contribution in [1.29, 1.82) is 0 Å². The van der Waals surface area contributed by atoms with Crippen LogP contribution in [-0.4, -0.2) is 13.9 Å². The molecule has 2 atom stereocenters. The highest BCUT2D eigenvalue weighted by molar-refractivity contribution is 7.95. The van der Waals surface area contributed by atoms with Gasteiger partial charge in [-0.3, -0.25) is 20.1 Å². The van der Waals surface area contributed by atoms with E-state index in [2.05, 4.69) is 0 Å². The van der Waals surface area contributed by atoms with Gasteiger partial charge in [-0.05, 0) is 19.1 Å². The predicted molar refractivity (Wildman–Crippen MR) is 72.0 cm³/mol. The van der Waals surface area contributed by atoms with E-state index >= 15 is 0 Å². The number of aryl methyl sites for hydroxylation is 1. The Kier molecular flexibility index (Phi) is 3.52. The molecule has 1 fully saturated rings. The topological polar surface area (TPSA) is 144 Å². The van der Waals surface area contributed by atoms with Crippen molar-refractivity contribution in [3.63, 3.8) is 0 Å². The maximum Gasteiger partial charge on any atom is 0.242 e. The average Bonchev–Trinajstić information content (AvgIpc) is 2.25. The molecular formula is C8H14N4O4P2S. The van der Waals surface area contributed by atoms with E-state index in [0.717, 1.165) is 5.56 Å². The van der Waals surface area contributed by atoms with Crippen LogP contribution in [0.2, 0.25) is 0 Å². The summed E-state index contributed by atoms with van der Waals surface area (Å²) in [5, 5.41) is 0. The maximum absolute atomic E-state index is 12.0. The molecule has 19 heavy (non-hydrogen) atoms. The minimum atomic E-state index is -3.97. The first-order valence-corrected chi connectivity index (χ1v) is 10.4. The molecule has 1 heterocycles. The SMILES string of the molecule is Cc1ccc(S(=O)(=O)NC2P(N)(=O)NP2(N)=O)cc1. The van der Waals surface area contributed by atoms with Crippen molar-refractivity contribution in [3.05, 3.63) is 29.8 Å². The Bertz CT molecular complexity index is 680. The number of nitrogens with one attached hydrogen (secondary N) is 2. The van der Waals surface area contributed by atoms with Crippen LogP contribution in [0.25, 0.3) is 0 Å². The van der Waals surface area contributed by atoms with Gasteiger partial charge in [-0.2, -0.15) is 9.58 Å². The molecule has 0 saturated carbocycles. The molecule has 1 saturated heterocycles. The summed E-state index contributed by atoms with van der Waals surface area (Å²) in [6.45, 7) is 1.81. The zero-order chi connectivity index (χ0) is 14.5. The zero-order valence-electron chi connectivity index (χ0n) is 9.98. The first-order valence-electron chi connectivity index (χ1n) is 5.20. The fraction of sp³-hybridized carbons (Fsp3) is 0.250. The Hall–Kier alpha value is -0.530. The fourth-order valence-electron chi connectivity index (χ4n) is 1.63. The van der Waals surface area contributed by atoms with Crippen LogP contribution >= 0.6 is 14.9 Å². The van der Waals surface area contributed by atoms with Crippen molar-refractivity contribution < 1.29 is 17.5 Å². The summed E-state index contributed by atoms with van der Waals surface area (Å²) in [7, 11) is -11.1. The zero-order valence-corrected chi connectivity index (χ0v) is 12.6. The molecular weight excluding hydrogens is 310 g/mol. The van der Waals surface area contributed by atoms with Crippen LogP contribution in [0.5, 0.6) is 0 Å². The number of hydrogen-bond acceptors (Lipinski definition) is 4. The monoisotopic (exact) mass is 324 g/mol. The second kappa shape index (κ2) is 4.49. The van der Waals surface area contributed by atoms with Crippen LogP contribution in [0.1, 0.15) is 5.56 Å². The maximum atomic E-state index is 12.0. The van der Waals surface area contributed by atoms with E-state index in [0.29, 0.717) is 0 Å². The first-order chi connectivity index (χ1) is 8.55. The van der Waals surface area contributed by atoms with Gasteiger partial charge < -0.3 is 0 Å². The molecule has 0 radical (unpaired) electrons. The fourth-order valence-corrected chi connectivity index (χ4v) is 9.05. The summed E-state index contributed by atoms with van der Waals surface area (Å²) < 4.78 is 49.4. The van der Waals surface area contributed by atoms with Gasteiger partial charge in [-0.15, -0.1) is 0 Å². The van der Waals surface area contributed by atoms with Gasteiger partial charge in [0.15, 0.2) is 5.52 Å². The Labute approximate surface area is 110 Å². The van der Waals surface area contributed by atoms with Crippen LogP contribution in [0, 0.1) is 6.92 Å². The van der Waals surface area contributed by atoms with E-state index in [1.807, 2.05) is 16.5 Å². The van der Waals surface area contributed by atoms with E-state index < -0.39 is 30.4 Å². The van der Waals surface area contributed by atoms with Gasteiger partial charge in [-0.1, -0.05) is 17.7 Å². The molecule has 11 heteroatoms. The molecule has 106 valence electrons. The standard InChI is InChI=1S/C8H14N4O4P2S/c1-6-2-4-7(5-3-6)19(15,16)11-8-17(9,13)12-18(8,10)14/h2-5,8,11H,1H3,(H5,9,10,12,13,14). The molecule has 2 rings (SSSR count). The minimum absolute atomic E-state index is 0.0370. The summed E-state index contributed by atoms with van der Waals surface area (Å²) >= 11 is 0. The Morgan fingerprint density at radius 1 is 1.16 bits per heavy atom. The van der Waals surface area contributed by atoms with Crippen LogP contribution in [0.15, 0.2) is 29.2 Å². The van der Waals surface area contributed by atoms with Gasteiger partial charge in [-0.25, -0.2) is 8.42 Å². The number of sulfonamides is 1. The van der Waals surface area contributed by atoms with E-state index in [1.165, 1.54) is 12.1 Å². The second-order valence-electron chi connectivity index (χ2n) is 4.33. The lowest BCUT2D eigenvalue weighted by Crippen LogP contribution is -2.51. The number of rotatable bonds is 3. The summed E-state index contributed by atoms with van der Waals surface area (Å²) in [6.07, 6.45) is 0. The summed E-state index contributed by atoms with van der Waals surface area (Å²) in [6, 6.07) is 5.98. The van der Waals surface area contributed by atoms with Crippen LogP contribution in [0.4, 0.5) is 0 Å². The molecule has 0 bridgehead atoms. The van der Waals surface area contributed by atoms with Gasteiger partial charge in [0.1, 0.15) is 0 Å². The van der Waals surface area contributed by atoms with Crippen LogP contribution in [0.3, 0.4) is 0 Å². The number of nitrogens with two attached hydrogens (primary N) is 2. The summed E-state index contributed by atoms with van der Waals surface area (Å²) in [5.41, 5.74) is 10.1. The third kappa shape index (κ3) is 2.83. The Morgan fingerprint density at radius 3 is 2.05 bits per heavy atom. The second-order valence-corrected chi connectivity index (χ2v) is 11.1. The van der Waals surface area contributed by atoms with Crippen molar-refractivity contribution in [2.45, 2.75) is 17.3 Å². The lowest BCUT2D eigenvalue weighted by Gasteiger charge is -2.39. The molecule has 0 aromatic heterocycles. The molecule has 2 unspecified atom stereocenters. The number of hydrogen-bond donors (Lipinski definition) is 4. The molecule has 8 nitrogen and oxygen atoms in total. The molecule has 0 amide bonds. The van der Waals surface area contributed by atoms with E-state index in [9.17, 15) is 17.5 Å². The van der Waals surface area contributed by atoms with Gasteiger partial charge in [0, 0.05) is 0 Å². The van der Waals surface area contributed by atoms with E-state index in [4.69, 9.17) is 11.0 Å². The first kappa shape index (κ1) is 14.9. The molecule has 1 aromatic rings. The number of benzene rings is 1. The van der Waals surface area contributed by atoms with Crippen molar-refractivity contribution in [1.82, 2.24) is 9.58 Å². The Morgan fingerprint density at radius 2 is 1.63 bits per heavy atom. The van der Waals surface area contributed by atoms with Gasteiger partial charge in [0.2, 0.25) is 24.9 Å². The molecule has 6 N–H and O–H groups in total. The lowest BCUT2D eigenvalue weighted by molar-refractivity contribution is 0.528. The largest absolute Gasteiger partial charge is 0.287 e. The lowest BCUT2D eigenvalue weighted by atomic mass is 10.2. The van der Waals surface area contributed by atoms with E-state index in [-0.39, 0.29) is 4.90 Å². The highest BCUT2D eigenvalue weighted by Crippen LogP contribution is 2.69. The van der Waals surface area contributed by atoms with Crippen molar-refractivity contribution in [2.24, 2.45) is 11.0 Å². The van der Waals surface area contributed by atoms with Crippen LogP contribution < -0.4 is 20.6 Å². The molecule has 1 aliphatic rings. The molecule has 0 aliphatic carbocycles. The molecule has 0 spiro atoms. The van der Waals surface area contributed by atoms with Crippen molar-refractivity contribution >= 4 is 24.9 Å². The van der Waals surface area contributed by atoms with Crippen molar-refractivity contribution in [2.75, 3.05) is 0 Å². The third-order valence-electron chi connectivity index (χ3n) is 2.63. The van der Waals surface area contributed by atoms with Crippen molar-refractivity contribution in [3.8, 4) is 0 Å². The molecule has 1 aromatic carbocycles. The smallest absolute Gasteiger partial charge is 0.242 e. The van der Waals surface area contributed by atoms with Gasteiger partial charge in [0.25, 0.3) is 0 Å². The highest BCUT2D eigenvalue weighted by atomic mass is 32.2. The minimum Gasteiger partial charge on any atom is -0.287 e. The normalized spacial score (nSPS) is 34.8.